The molecule has 1 N–H and O–H groups in total. The summed E-state index contributed by atoms with van der Waals surface area (Å²) in [4.78, 5) is 24.4. The summed E-state index contributed by atoms with van der Waals surface area (Å²) in [5.41, 5.74) is 1.10. The third kappa shape index (κ3) is 5.85. The second-order valence-corrected chi connectivity index (χ2v) is 5.04. The predicted molar refractivity (Wildman–Crippen MR) is 80.4 cm³/mol. The number of hydrogen-bond acceptors (Lipinski definition) is 3. The minimum absolute atomic E-state index is 0.0433. The van der Waals surface area contributed by atoms with Crippen LogP contribution in [0.3, 0.4) is 0 Å². The maximum atomic E-state index is 12.1. The van der Waals surface area contributed by atoms with Crippen LogP contribution in [0.1, 0.15) is 32.3 Å². The van der Waals surface area contributed by atoms with E-state index in [4.69, 9.17) is 9.84 Å². The Balaban J connectivity index is 2.45. The van der Waals surface area contributed by atoms with Crippen LogP contribution >= 0.6 is 0 Å². The van der Waals surface area contributed by atoms with E-state index in [1.165, 1.54) is 0 Å². The number of aryl methyl sites for hydroxylation is 1. The summed E-state index contributed by atoms with van der Waals surface area (Å²) < 4.78 is 5.55. The van der Waals surface area contributed by atoms with Gasteiger partial charge in [-0.1, -0.05) is 12.1 Å². The lowest BCUT2D eigenvalue weighted by Crippen LogP contribution is -2.40. The molecule has 1 atom stereocenters. The van der Waals surface area contributed by atoms with Gasteiger partial charge in [-0.2, -0.15) is 0 Å². The van der Waals surface area contributed by atoms with Crippen LogP contribution in [-0.2, 0) is 9.59 Å². The Morgan fingerprint density at radius 1 is 1.38 bits per heavy atom. The Labute approximate surface area is 125 Å². The topological polar surface area (TPSA) is 66.8 Å². The number of carbonyl (C=O) groups excluding carboxylic acids is 1. The number of carboxylic acid groups (broad SMARTS) is 1. The first-order valence-corrected chi connectivity index (χ1v) is 7.14. The van der Waals surface area contributed by atoms with Gasteiger partial charge in [-0.05, 0) is 38.5 Å². The van der Waals surface area contributed by atoms with Gasteiger partial charge < -0.3 is 14.7 Å². The predicted octanol–water partition coefficient (Wildman–Crippen LogP) is 2.48. The van der Waals surface area contributed by atoms with Crippen LogP contribution in [0.25, 0.3) is 0 Å². The van der Waals surface area contributed by atoms with Crippen molar-refractivity contribution in [2.45, 2.75) is 39.7 Å². The highest BCUT2D eigenvalue weighted by atomic mass is 16.5. The molecule has 0 spiro atoms. The van der Waals surface area contributed by atoms with Crippen molar-refractivity contribution >= 4 is 11.9 Å². The maximum Gasteiger partial charge on any atom is 0.305 e. The van der Waals surface area contributed by atoms with E-state index in [-0.39, 0.29) is 24.8 Å². The first-order chi connectivity index (χ1) is 9.93. The largest absolute Gasteiger partial charge is 0.493 e. The summed E-state index contributed by atoms with van der Waals surface area (Å²) >= 11 is 0. The van der Waals surface area contributed by atoms with Crippen LogP contribution in [0.5, 0.6) is 5.75 Å². The van der Waals surface area contributed by atoms with Crippen molar-refractivity contribution in [1.29, 1.82) is 0 Å². The van der Waals surface area contributed by atoms with Crippen molar-refractivity contribution < 1.29 is 19.4 Å². The van der Waals surface area contributed by atoms with E-state index in [1.54, 1.807) is 11.8 Å². The van der Waals surface area contributed by atoms with E-state index in [1.807, 2.05) is 38.1 Å². The number of nitrogens with zero attached hydrogens (tertiary/aromatic N) is 1. The zero-order valence-corrected chi connectivity index (χ0v) is 12.8. The van der Waals surface area contributed by atoms with Gasteiger partial charge in [0.15, 0.2) is 0 Å². The number of ether oxygens (including phenoxy) is 1. The summed E-state index contributed by atoms with van der Waals surface area (Å²) in [5.74, 6) is -0.243. The maximum absolute atomic E-state index is 12.1. The number of benzene rings is 1. The SMILES string of the molecule is CCN(C(=O)CCOc1cccc(C)c1)C(C)CC(=O)O. The van der Waals surface area contributed by atoms with E-state index < -0.39 is 5.97 Å². The van der Waals surface area contributed by atoms with Crippen molar-refractivity contribution in [1.82, 2.24) is 4.90 Å². The minimum atomic E-state index is -0.898. The first-order valence-electron chi connectivity index (χ1n) is 7.14. The smallest absolute Gasteiger partial charge is 0.305 e. The van der Waals surface area contributed by atoms with E-state index in [0.717, 1.165) is 11.3 Å². The monoisotopic (exact) mass is 293 g/mol. The zero-order valence-electron chi connectivity index (χ0n) is 12.8. The van der Waals surface area contributed by atoms with Gasteiger partial charge in [-0.3, -0.25) is 9.59 Å². The first kappa shape index (κ1) is 17.0. The van der Waals surface area contributed by atoms with Gasteiger partial charge in [0.25, 0.3) is 0 Å². The number of carbonyl (C=O) groups is 2. The summed E-state index contributed by atoms with van der Waals surface area (Å²) in [6.07, 6.45) is 0.198. The zero-order chi connectivity index (χ0) is 15.8. The van der Waals surface area contributed by atoms with Gasteiger partial charge in [0.05, 0.1) is 19.4 Å². The van der Waals surface area contributed by atoms with Crippen molar-refractivity contribution in [2.24, 2.45) is 0 Å². The Bertz CT molecular complexity index is 487. The lowest BCUT2D eigenvalue weighted by atomic mass is 10.2. The fourth-order valence-electron chi connectivity index (χ4n) is 2.20. The summed E-state index contributed by atoms with van der Waals surface area (Å²) in [7, 11) is 0. The number of carboxylic acids is 1. The van der Waals surface area contributed by atoms with E-state index >= 15 is 0 Å². The molecule has 0 aliphatic heterocycles. The highest BCUT2D eigenvalue weighted by Gasteiger charge is 2.20. The molecule has 1 unspecified atom stereocenters. The second-order valence-electron chi connectivity index (χ2n) is 5.04. The highest BCUT2D eigenvalue weighted by Crippen LogP contribution is 2.13. The molecule has 21 heavy (non-hydrogen) atoms. The number of rotatable bonds is 8. The fraction of sp³-hybridized carbons (Fsp3) is 0.500. The third-order valence-corrected chi connectivity index (χ3v) is 3.24. The van der Waals surface area contributed by atoms with Crippen molar-refractivity contribution in [3.63, 3.8) is 0 Å². The summed E-state index contributed by atoms with van der Waals surface area (Å²) in [6, 6.07) is 7.33. The van der Waals surface area contributed by atoms with Crippen LogP contribution in [-0.4, -0.2) is 41.1 Å². The average Bonchev–Trinajstić information content (AvgIpc) is 2.38. The highest BCUT2D eigenvalue weighted by molar-refractivity contribution is 5.77. The fourth-order valence-corrected chi connectivity index (χ4v) is 2.20. The minimum Gasteiger partial charge on any atom is -0.493 e. The number of hydrogen-bond donors (Lipinski definition) is 1. The van der Waals surface area contributed by atoms with Crippen molar-refractivity contribution in [3.8, 4) is 5.75 Å². The van der Waals surface area contributed by atoms with E-state index in [2.05, 4.69) is 0 Å². The quantitative estimate of drug-likeness (QED) is 0.799. The lowest BCUT2D eigenvalue weighted by Gasteiger charge is -2.27. The molecule has 0 aliphatic rings. The molecule has 1 rings (SSSR count). The second kappa shape index (κ2) is 8.29. The molecule has 5 heteroatoms. The molecule has 0 fully saturated rings. The van der Waals surface area contributed by atoms with Crippen molar-refractivity contribution in [2.75, 3.05) is 13.2 Å². The molecule has 5 nitrogen and oxygen atoms in total. The van der Waals surface area contributed by atoms with Crippen LogP contribution in [0.4, 0.5) is 0 Å². The Kier molecular flexibility index (Phi) is 6.72. The molecule has 0 saturated heterocycles. The number of aliphatic carboxylic acids is 1. The third-order valence-electron chi connectivity index (χ3n) is 3.24. The van der Waals surface area contributed by atoms with Crippen LogP contribution < -0.4 is 4.74 Å². The Morgan fingerprint density at radius 2 is 2.10 bits per heavy atom. The van der Waals surface area contributed by atoms with Gasteiger partial charge in [0.2, 0.25) is 5.91 Å². The van der Waals surface area contributed by atoms with Crippen LogP contribution in [0.15, 0.2) is 24.3 Å². The summed E-state index contributed by atoms with van der Waals surface area (Å²) in [6.45, 7) is 6.36. The molecule has 0 aliphatic carbocycles. The number of amides is 1. The molecule has 0 radical (unpaired) electrons. The van der Waals surface area contributed by atoms with Crippen LogP contribution in [0, 0.1) is 6.92 Å². The molecular weight excluding hydrogens is 270 g/mol. The van der Waals surface area contributed by atoms with E-state index in [0.29, 0.717) is 13.2 Å². The average molecular weight is 293 g/mol. The van der Waals surface area contributed by atoms with Gasteiger partial charge in [0.1, 0.15) is 5.75 Å². The summed E-state index contributed by atoms with van der Waals surface area (Å²) in [5, 5.41) is 8.80. The van der Waals surface area contributed by atoms with Crippen molar-refractivity contribution in [3.05, 3.63) is 29.8 Å². The molecule has 1 aromatic rings. The Hall–Kier alpha value is -2.04. The molecular formula is C16H23NO4. The molecule has 0 aromatic heterocycles. The van der Waals surface area contributed by atoms with Crippen LogP contribution in [0.2, 0.25) is 0 Å². The molecule has 0 heterocycles. The molecule has 1 aromatic carbocycles. The van der Waals surface area contributed by atoms with Gasteiger partial charge >= 0.3 is 5.97 Å². The standard InChI is InChI=1S/C16H23NO4/c1-4-17(13(3)11-16(19)20)15(18)8-9-21-14-7-5-6-12(2)10-14/h5-7,10,13H,4,8-9,11H2,1-3H3,(H,19,20). The van der Waals surface area contributed by atoms with Gasteiger partial charge in [-0.15, -0.1) is 0 Å². The molecule has 116 valence electrons. The van der Waals surface area contributed by atoms with Gasteiger partial charge in [0, 0.05) is 12.6 Å². The molecule has 0 saturated carbocycles. The normalized spacial score (nSPS) is 11.8. The molecule has 1 amide bonds. The van der Waals surface area contributed by atoms with E-state index in [9.17, 15) is 9.59 Å². The lowest BCUT2D eigenvalue weighted by molar-refractivity contribution is -0.140. The van der Waals surface area contributed by atoms with Gasteiger partial charge in [-0.25, -0.2) is 0 Å². The Morgan fingerprint density at radius 3 is 2.67 bits per heavy atom. The molecule has 0 bridgehead atoms.